The third-order valence-electron chi connectivity index (χ3n) is 14.9. The van der Waals surface area contributed by atoms with Crippen LogP contribution in [0.1, 0.15) is 79.1 Å². The van der Waals surface area contributed by atoms with Crippen molar-refractivity contribution in [2.45, 2.75) is 121 Å². The van der Waals surface area contributed by atoms with Crippen LogP contribution in [0, 0.1) is 58.2 Å². The fourth-order valence-corrected chi connectivity index (χ4v) is 12.1. The molecule has 2 saturated heterocycles. The van der Waals surface area contributed by atoms with E-state index in [4.69, 9.17) is 10.5 Å². The molecule has 0 aromatic carbocycles. The van der Waals surface area contributed by atoms with Crippen LogP contribution in [0.25, 0.3) is 0 Å². The van der Waals surface area contributed by atoms with Crippen molar-refractivity contribution in [2.75, 3.05) is 13.2 Å². The molecular formula is C36H57N2O7+. The van der Waals surface area contributed by atoms with Gasteiger partial charge in [0.05, 0.1) is 36.1 Å². The van der Waals surface area contributed by atoms with E-state index >= 15 is 0 Å². The Bertz CT molecular complexity index is 1250. The number of hydrogen-bond acceptors (Lipinski definition) is 8. The molecule has 252 valence electrons. The maximum Gasteiger partial charge on any atom is 0.159 e. The summed E-state index contributed by atoms with van der Waals surface area (Å²) in [4.78, 5) is 14.2. The lowest BCUT2D eigenvalue weighted by molar-refractivity contribution is -0.703. The first-order valence-corrected chi connectivity index (χ1v) is 17.8. The quantitative estimate of drug-likeness (QED) is 0.226. The Balaban J connectivity index is 1.31. The number of aliphatic hydroxyl groups is 5. The molecule has 2 heterocycles. The average molecular weight is 630 g/mol. The number of allylic oxidation sites excluding steroid dienone is 3. The number of nitrogens with two attached hydrogens (primary N) is 2. The van der Waals surface area contributed by atoms with Crippen LogP contribution in [0.15, 0.2) is 23.8 Å². The average Bonchev–Trinajstić information content (AvgIpc) is 3.41. The Labute approximate surface area is 267 Å². The van der Waals surface area contributed by atoms with Crippen LogP contribution < -0.4 is 11.1 Å². The number of quaternary nitrogens is 1. The second-order valence-electron chi connectivity index (χ2n) is 17.1. The van der Waals surface area contributed by atoms with Gasteiger partial charge in [0.15, 0.2) is 5.78 Å². The van der Waals surface area contributed by atoms with E-state index in [-0.39, 0.29) is 48.0 Å². The topological polar surface area (TPSA) is 170 Å². The standard InChI is InChI=1S/C36H56N2O7/c1-18-17-45-31(19(18)2)32(42)34(4,43)28-9-10-36(44)24-12-25(39)23-11-26(40)27(41)15-35(23)14-20(22-7-8-29(37)38-16-22)5-6-21(30(24)35)13-33(28,36)3/h5-6,12,18-23,26-32,38,40-44H,7-11,13-17,37H2,1-4H3/p+1. The van der Waals surface area contributed by atoms with Crippen LogP contribution in [-0.4, -0.2) is 86.3 Å². The Kier molecular flexibility index (Phi) is 7.86. The molecule has 17 unspecified atom stereocenters. The van der Waals surface area contributed by atoms with Crippen LogP contribution in [0.2, 0.25) is 0 Å². The number of rotatable bonds is 4. The molecule has 7 rings (SSSR count). The van der Waals surface area contributed by atoms with Gasteiger partial charge in [-0.3, -0.25) is 10.5 Å². The first kappa shape index (κ1) is 32.4. The molecule has 0 aromatic rings. The van der Waals surface area contributed by atoms with Gasteiger partial charge in [0.1, 0.15) is 12.3 Å². The zero-order valence-electron chi connectivity index (χ0n) is 27.5. The second kappa shape index (κ2) is 10.9. The molecule has 0 aromatic heterocycles. The summed E-state index contributed by atoms with van der Waals surface area (Å²) in [6.45, 7) is 9.40. The molecule has 0 radical (unpaired) electrons. The van der Waals surface area contributed by atoms with Crippen LogP contribution in [0.3, 0.4) is 0 Å². The van der Waals surface area contributed by atoms with E-state index < -0.39 is 58.3 Å². The molecule has 0 bridgehead atoms. The maximum absolute atomic E-state index is 14.2. The number of carbonyl (C=O) groups excluding carboxylic acids is 1. The monoisotopic (exact) mass is 629 g/mol. The molecule has 9 N–H and O–H groups in total. The Morgan fingerprint density at radius 1 is 1.09 bits per heavy atom. The van der Waals surface area contributed by atoms with E-state index in [0.717, 1.165) is 31.4 Å². The fraction of sp³-hybridized carbons (Fsp3) is 0.861. The van der Waals surface area contributed by atoms with Crippen LogP contribution in [0.5, 0.6) is 0 Å². The molecule has 45 heavy (non-hydrogen) atoms. The van der Waals surface area contributed by atoms with Crippen molar-refractivity contribution < 1.29 is 40.4 Å². The van der Waals surface area contributed by atoms with Crippen molar-refractivity contribution in [1.29, 1.82) is 0 Å². The Morgan fingerprint density at radius 3 is 2.49 bits per heavy atom. The number of aliphatic hydroxyl groups excluding tert-OH is 3. The minimum absolute atomic E-state index is 0.0189. The van der Waals surface area contributed by atoms with Gasteiger partial charge in [-0.25, -0.2) is 0 Å². The molecule has 3 saturated carbocycles. The van der Waals surface area contributed by atoms with Gasteiger partial charge in [0.25, 0.3) is 0 Å². The normalized spacial score (nSPS) is 54.7. The molecule has 2 aliphatic heterocycles. The Morgan fingerprint density at radius 2 is 1.82 bits per heavy atom. The molecule has 0 amide bonds. The number of hydrogen-bond donors (Lipinski definition) is 7. The summed E-state index contributed by atoms with van der Waals surface area (Å²) >= 11 is 0. The van der Waals surface area contributed by atoms with E-state index in [1.807, 2.05) is 0 Å². The van der Waals surface area contributed by atoms with Crippen molar-refractivity contribution in [3.8, 4) is 0 Å². The molecule has 9 heteroatoms. The van der Waals surface area contributed by atoms with E-state index in [1.54, 1.807) is 13.0 Å². The number of carbonyl (C=O) groups is 1. The van der Waals surface area contributed by atoms with Crippen molar-refractivity contribution >= 4 is 5.78 Å². The lowest BCUT2D eigenvalue weighted by Gasteiger charge is -2.63. The largest absolute Gasteiger partial charge is 0.390 e. The minimum atomic E-state index is -1.52. The van der Waals surface area contributed by atoms with Gasteiger partial charge in [-0.05, 0) is 104 Å². The summed E-state index contributed by atoms with van der Waals surface area (Å²) in [6.07, 6.45) is 7.76. The van der Waals surface area contributed by atoms with Gasteiger partial charge in [0, 0.05) is 30.3 Å². The number of ketones is 1. The van der Waals surface area contributed by atoms with Crippen molar-refractivity contribution in [2.24, 2.45) is 63.9 Å². The van der Waals surface area contributed by atoms with Crippen molar-refractivity contribution in [3.05, 3.63) is 23.8 Å². The highest BCUT2D eigenvalue weighted by Crippen LogP contribution is 2.72. The zero-order chi connectivity index (χ0) is 32.3. The van der Waals surface area contributed by atoms with Gasteiger partial charge in [0.2, 0.25) is 0 Å². The van der Waals surface area contributed by atoms with Gasteiger partial charge in [-0.2, -0.15) is 0 Å². The molecule has 5 aliphatic carbocycles. The third-order valence-corrected chi connectivity index (χ3v) is 14.9. The number of piperidine rings is 1. The van der Waals surface area contributed by atoms with Crippen LogP contribution >= 0.6 is 0 Å². The minimum Gasteiger partial charge on any atom is -0.390 e. The molecule has 5 fully saturated rings. The summed E-state index contributed by atoms with van der Waals surface area (Å²) in [7, 11) is 0. The predicted octanol–water partition coefficient (Wildman–Crippen LogP) is 1.01. The SMILES string of the molecule is CC1COC(C(O)C(C)(O)C2CCC3(O)C4=CC(=O)C5CC(O)C(O)CC56CC(C5CCC(N)[NH2+]C5)C=CC(CC23C)C46)C1C. The highest BCUT2D eigenvalue weighted by Gasteiger charge is 2.72. The first-order valence-electron chi connectivity index (χ1n) is 17.8. The summed E-state index contributed by atoms with van der Waals surface area (Å²) in [5.74, 6) is -0.111. The summed E-state index contributed by atoms with van der Waals surface area (Å²) in [6, 6.07) is 0. The smallest absolute Gasteiger partial charge is 0.159 e. The third kappa shape index (κ3) is 4.58. The van der Waals surface area contributed by atoms with Crippen LogP contribution in [0.4, 0.5) is 0 Å². The predicted molar refractivity (Wildman–Crippen MR) is 167 cm³/mol. The molecular weight excluding hydrogens is 572 g/mol. The second-order valence-corrected chi connectivity index (χ2v) is 17.1. The number of ether oxygens (including phenoxy) is 1. The zero-order valence-corrected chi connectivity index (χ0v) is 27.5. The first-order chi connectivity index (χ1) is 21.1. The fourth-order valence-electron chi connectivity index (χ4n) is 12.1. The summed E-state index contributed by atoms with van der Waals surface area (Å²) < 4.78 is 6.02. The summed E-state index contributed by atoms with van der Waals surface area (Å²) in [5.41, 5.74) is 2.73. The van der Waals surface area contributed by atoms with Gasteiger partial charge >= 0.3 is 0 Å². The van der Waals surface area contributed by atoms with E-state index in [0.29, 0.717) is 38.2 Å². The van der Waals surface area contributed by atoms with Crippen LogP contribution in [-0.2, 0) is 9.53 Å². The number of fused-ring (bicyclic) bond motifs is 2. The lowest BCUT2D eigenvalue weighted by atomic mass is 9.42. The van der Waals surface area contributed by atoms with Gasteiger partial charge in [-0.15, -0.1) is 0 Å². The van der Waals surface area contributed by atoms with Gasteiger partial charge in [-0.1, -0.05) is 32.9 Å². The van der Waals surface area contributed by atoms with Crippen molar-refractivity contribution in [1.82, 2.24) is 0 Å². The highest BCUT2D eigenvalue weighted by atomic mass is 16.5. The maximum atomic E-state index is 14.2. The van der Waals surface area contributed by atoms with E-state index in [9.17, 15) is 30.3 Å². The molecule has 7 aliphatic rings. The van der Waals surface area contributed by atoms with Gasteiger partial charge < -0.3 is 35.6 Å². The molecule has 1 spiro atoms. The summed E-state index contributed by atoms with van der Waals surface area (Å²) in [5, 5.41) is 61.2. The van der Waals surface area contributed by atoms with E-state index in [2.05, 4.69) is 38.2 Å². The highest BCUT2D eigenvalue weighted by molar-refractivity contribution is 5.95. The van der Waals surface area contributed by atoms with E-state index in [1.165, 1.54) is 0 Å². The molecule has 9 nitrogen and oxygen atoms in total. The Hall–Kier alpha value is -1.17. The lowest BCUT2D eigenvalue weighted by Crippen LogP contribution is -2.95. The molecule has 17 atom stereocenters. The van der Waals surface area contributed by atoms with Crippen molar-refractivity contribution in [3.63, 3.8) is 0 Å².